The molecule has 1 aromatic carbocycles. The highest BCUT2D eigenvalue weighted by Gasteiger charge is 2.35. The molecule has 0 spiro atoms. The van der Waals surface area contributed by atoms with Crippen LogP contribution in [-0.4, -0.2) is 36.5 Å². The maximum absolute atomic E-state index is 13.1. The molecule has 0 radical (unpaired) electrons. The van der Waals surface area contributed by atoms with E-state index in [1.165, 1.54) is 4.90 Å². The van der Waals surface area contributed by atoms with Crippen LogP contribution >= 0.6 is 0 Å². The van der Waals surface area contributed by atoms with Crippen LogP contribution in [0.25, 0.3) is 0 Å². The van der Waals surface area contributed by atoms with Gasteiger partial charge in [0, 0.05) is 37.7 Å². The van der Waals surface area contributed by atoms with Gasteiger partial charge in [0.15, 0.2) is 0 Å². The first-order valence-corrected chi connectivity index (χ1v) is 7.17. The number of nitrogens with one attached hydrogen (secondary N) is 1. The number of rotatable bonds is 4. The Morgan fingerprint density at radius 2 is 2.09 bits per heavy atom. The van der Waals surface area contributed by atoms with E-state index in [-0.39, 0.29) is 32.0 Å². The lowest BCUT2D eigenvalue weighted by molar-refractivity contribution is -0.0461. The lowest BCUT2D eigenvalue weighted by Crippen LogP contribution is -2.44. The van der Waals surface area contributed by atoms with Gasteiger partial charge in [-0.15, -0.1) is 0 Å². The monoisotopic (exact) mass is 310 g/mol. The average Bonchev–Trinajstić information content (AvgIpc) is 2.45. The van der Waals surface area contributed by atoms with Crippen molar-refractivity contribution in [1.29, 1.82) is 0 Å². The summed E-state index contributed by atoms with van der Waals surface area (Å²) in [4.78, 5) is 13.5. The van der Waals surface area contributed by atoms with Crippen molar-refractivity contribution in [2.24, 2.45) is 0 Å². The Bertz CT molecular complexity index is 551. The highest BCUT2D eigenvalue weighted by molar-refractivity contribution is 5.89. The number of ether oxygens (including phenoxy) is 1. The molecule has 1 aromatic rings. The van der Waals surface area contributed by atoms with Gasteiger partial charge in [-0.1, -0.05) is 12.6 Å². The number of benzene rings is 1. The van der Waals surface area contributed by atoms with Crippen molar-refractivity contribution in [3.63, 3.8) is 0 Å². The van der Waals surface area contributed by atoms with E-state index in [1.54, 1.807) is 24.3 Å². The molecule has 1 fully saturated rings. The average molecular weight is 310 g/mol. The number of anilines is 1. The molecule has 0 bridgehead atoms. The molecular weight excluding hydrogens is 290 g/mol. The number of hydrogen-bond donors (Lipinski definition) is 1. The summed E-state index contributed by atoms with van der Waals surface area (Å²) < 4.78 is 31.7. The van der Waals surface area contributed by atoms with Crippen LogP contribution in [0.1, 0.15) is 19.8 Å². The molecule has 6 heteroatoms. The molecular formula is C16H20F2N2O2. The zero-order valence-electron chi connectivity index (χ0n) is 12.6. The molecule has 1 saturated heterocycles. The van der Waals surface area contributed by atoms with E-state index in [2.05, 4.69) is 11.9 Å². The lowest BCUT2D eigenvalue weighted by Gasteiger charge is -2.31. The number of likely N-dealkylation sites (tertiary alicyclic amines) is 1. The molecule has 2 amide bonds. The highest BCUT2D eigenvalue weighted by Crippen LogP contribution is 2.28. The van der Waals surface area contributed by atoms with E-state index in [4.69, 9.17) is 4.74 Å². The van der Waals surface area contributed by atoms with Crippen molar-refractivity contribution >= 4 is 11.7 Å². The van der Waals surface area contributed by atoms with E-state index in [9.17, 15) is 13.6 Å². The van der Waals surface area contributed by atoms with Gasteiger partial charge in [0.05, 0.1) is 0 Å². The fourth-order valence-electron chi connectivity index (χ4n) is 2.11. The van der Waals surface area contributed by atoms with Crippen molar-refractivity contribution in [2.45, 2.75) is 25.7 Å². The molecule has 0 unspecified atom stereocenters. The van der Waals surface area contributed by atoms with Gasteiger partial charge in [0.2, 0.25) is 0 Å². The largest absolute Gasteiger partial charge is 0.489 e. The van der Waals surface area contributed by atoms with Crippen LogP contribution in [0, 0.1) is 0 Å². The molecule has 0 atom stereocenters. The summed E-state index contributed by atoms with van der Waals surface area (Å²) in [6.07, 6.45) is -0.579. The zero-order valence-corrected chi connectivity index (χ0v) is 12.6. The first-order valence-electron chi connectivity index (χ1n) is 7.17. The van der Waals surface area contributed by atoms with E-state index in [1.807, 2.05) is 6.92 Å². The summed E-state index contributed by atoms with van der Waals surface area (Å²) in [5, 5.41) is 2.71. The fourth-order valence-corrected chi connectivity index (χ4v) is 2.11. The zero-order chi connectivity index (χ0) is 16.2. The predicted octanol–water partition coefficient (Wildman–Crippen LogP) is 3.90. The minimum atomic E-state index is -2.66. The summed E-state index contributed by atoms with van der Waals surface area (Å²) in [6.45, 7) is 6.13. The van der Waals surface area contributed by atoms with Gasteiger partial charge in [-0.25, -0.2) is 13.6 Å². The van der Waals surface area contributed by atoms with Gasteiger partial charge in [-0.3, -0.25) is 0 Å². The lowest BCUT2D eigenvalue weighted by atomic mass is 10.1. The first-order chi connectivity index (χ1) is 10.4. The highest BCUT2D eigenvalue weighted by atomic mass is 19.3. The Hall–Kier alpha value is -2.11. The number of hydrogen-bond acceptors (Lipinski definition) is 2. The topological polar surface area (TPSA) is 41.6 Å². The summed E-state index contributed by atoms with van der Waals surface area (Å²) in [5.74, 6) is -2.04. The Morgan fingerprint density at radius 3 is 2.73 bits per heavy atom. The second-order valence-corrected chi connectivity index (χ2v) is 5.55. The van der Waals surface area contributed by atoms with Gasteiger partial charge >= 0.3 is 6.03 Å². The maximum Gasteiger partial charge on any atom is 0.321 e. The number of nitrogens with zero attached hydrogens (tertiary/aromatic N) is 1. The third-order valence-corrected chi connectivity index (χ3v) is 3.35. The Kier molecular flexibility index (Phi) is 5.00. The molecule has 0 aromatic heterocycles. The fraction of sp³-hybridized carbons (Fsp3) is 0.438. The summed E-state index contributed by atoms with van der Waals surface area (Å²) >= 11 is 0. The summed E-state index contributed by atoms with van der Waals surface area (Å²) in [6, 6.07) is 6.59. The number of carbonyl (C=O) groups is 1. The Labute approximate surface area is 128 Å². The molecule has 1 aliphatic rings. The third-order valence-electron chi connectivity index (χ3n) is 3.35. The van der Waals surface area contributed by atoms with Crippen molar-refractivity contribution in [1.82, 2.24) is 4.90 Å². The van der Waals surface area contributed by atoms with Crippen LogP contribution in [0.15, 0.2) is 36.4 Å². The number of piperidine rings is 1. The first kappa shape index (κ1) is 16.3. The quantitative estimate of drug-likeness (QED) is 0.857. The number of alkyl halides is 2. The van der Waals surface area contributed by atoms with E-state index >= 15 is 0 Å². The summed E-state index contributed by atoms with van der Waals surface area (Å²) in [5.41, 5.74) is 1.46. The van der Waals surface area contributed by atoms with Gasteiger partial charge in [-0.05, 0) is 24.6 Å². The molecule has 2 rings (SSSR count). The van der Waals surface area contributed by atoms with E-state index in [0.29, 0.717) is 18.0 Å². The molecule has 1 N–H and O–H groups in total. The number of carbonyl (C=O) groups excluding carboxylic acids is 1. The number of urea groups is 1. The standard InChI is InChI=1S/C16H20F2N2O2/c1-12(2)11-22-14-5-3-4-13(10-14)19-15(21)20-8-6-16(17,18)7-9-20/h3-5,10H,1,6-9,11H2,2H3,(H,19,21). The molecule has 0 aliphatic carbocycles. The van der Waals surface area contributed by atoms with Gasteiger partial charge < -0.3 is 15.0 Å². The minimum Gasteiger partial charge on any atom is -0.489 e. The van der Waals surface area contributed by atoms with Crippen LogP contribution in [0.5, 0.6) is 5.75 Å². The van der Waals surface area contributed by atoms with Crippen LogP contribution in [0.3, 0.4) is 0 Å². The van der Waals surface area contributed by atoms with Gasteiger partial charge in [0.1, 0.15) is 12.4 Å². The minimum absolute atomic E-state index is 0.0602. The normalized spacial score (nSPS) is 17.0. The van der Waals surface area contributed by atoms with Crippen LogP contribution in [-0.2, 0) is 0 Å². The van der Waals surface area contributed by atoms with Crippen molar-refractivity contribution in [3.8, 4) is 5.75 Å². The van der Waals surface area contributed by atoms with Crippen molar-refractivity contribution in [3.05, 3.63) is 36.4 Å². The van der Waals surface area contributed by atoms with E-state index in [0.717, 1.165) is 5.57 Å². The maximum atomic E-state index is 13.1. The van der Waals surface area contributed by atoms with E-state index < -0.39 is 5.92 Å². The molecule has 120 valence electrons. The molecule has 1 heterocycles. The Balaban J connectivity index is 1.91. The van der Waals surface area contributed by atoms with Crippen molar-refractivity contribution < 1.29 is 18.3 Å². The third kappa shape index (κ3) is 4.72. The number of halogens is 2. The van der Waals surface area contributed by atoms with Crippen LogP contribution in [0.2, 0.25) is 0 Å². The second kappa shape index (κ2) is 6.77. The number of amides is 2. The van der Waals surface area contributed by atoms with Gasteiger partial charge in [0.25, 0.3) is 5.92 Å². The molecule has 0 saturated carbocycles. The Morgan fingerprint density at radius 1 is 1.41 bits per heavy atom. The molecule has 22 heavy (non-hydrogen) atoms. The molecule has 4 nitrogen and oxygen atoms in total. The SMILES string of the molecule is C=C(C)COc1cccc(NC(=O)N2CCC(F)(F)CC2)c1. The van der Waals surface area contributed by atoms with Crippen LogP contribution < -0.4 is 10.1 Å². The second-order valence-electron chi connectivity index (χ2n) is 5.55. The van der Waals surface area contributed by atoms with Crippen molar-refractivity contribution in [2.75, 3.05) is 25.0 Å². The summed E-state index contributed by atoms with van der Waals surface area (Å²) in [7, 11) is 0. The molecule has 1 aliphatic heterocycles. The smallest absolute Gasteiger partial charge is 0.321 e. The predicted molar refractivity (Wildman–Crippen MR) is 81.5 cm³/mol. The van der Waals surface area contributed by atoms with Gasteiger partial charge in [-0.2, -0.15) is 0 Å². The van der Waals surface area contributed by atoms with Crippen LogP contribution in [0.4, 0.5) is 19.3 Å².